The van der Waals surface area contributed by atoms with Gasteiger partial charge in [-0.25, -0.2) is 0 Å². The molecule has 0 bridgehead atoms. The Balaban J connectivity index is 3.82. The van der Waals surface area contributed by atoms with E-state index < -0.39 is 49.6 Å². The van der Waals surface area contributed by atoms with Crippen LogP contribution in [0.3, 0.4) is 0 Å². The van der Waals surface area contributed by atoms with Gasteiger partial charge in [0.05, 0.1) is 13.2 Å². The number of aliphatic hydroxyl groups excluding tert-OH is 6. The van der Waals surface area contributed by atoms with Gasteiger partial charge in [0, 0.05) is 38.9 Å². The van der Waals surface area contributed by atoms with Crippen molar-refractivity contribution in [3.05, 3.63) is 0 Å². The normalized spacial score (nSPS) is 13.5. The first kappa shape index (κ1) is 53.6. The molecule has 0 heterocycles. The summed E-state index contributed by atoms with van der Waals surface area (Å²) >= 11 is 0. The summed E-state index contributed by atoms with van der Waals surface area (Å²) in [5.41, 5.74) is 0. The lowest BCUT2D eigenvalue weighted by Gasteiger charge is -2.26. The minimum Gasteiger partial charge on any atom is -0.466 e. The average Bonchev–Trinajstić information content (AvgIpc) is 3.19. The van der Waals surface area contributed by atoms with Crippen LogP contribution in [0.4, 0.5) is 0 Å². The van der Waals surface area contributed by atoms with Gasteiger partial charge >= 0.3 is 23.9 Å². The fourth-order valence-electron chi connectivity index (χ4n) is 6.00. The highest BCUT2D eigenvalue weighted by Gasteiger charge is 2.32. The molecule has 0 fully saturated rings. The van der Waals surface area contributed by atoms with Crippen molar-refractivity contribution in [1.82, 2.24) is 0 Å². The Kier molecular flexibility index (Phi) is 37.8. The van der Waals surface area contributed by atoms with Gasteiger partial charge in [-0.05, 0) is 51.4 Å². The lowest BCUT2D eigenvalue weighted by atomic mass is 10.0. The third-order valence-electron chi connectivity index (χ3n) is 9.62. The Labute approximate surface area is 336 Å². The highest BCUT2D eigenvalue weighted by molar-refractivity contribution is 5.71. The van der Waals surface area contributed by atoms with Crippen LogP contribution in [0.15, 0.2) is 0 Å². The van der Waals surface area contributed by atoms with Crippen LogP contribution in [-0.2, 0) is 38.1 Å². The number of carbonyl (C=O) groups is 4. The Bertz CT molecular complexity index is 874. The van der Waals surface area contributed by atoms with Crippen molar-refractivity contribution in [2.45, 2.75) is 204 Å². The van der Waals surface area contributed by atoms with E-state index in [1.807, 2.05) is 0 Å². The van der Waals surface area contributed by atoms with Gasteiger partial charge in [-0.2, -0.15) is 0 Å². The molecule has 0 aromatic heterocycles. The van der Waals surface area contributed by atoms with Crippen molar-refractivity contribution in [2.75, 3.05) is 39.6 Å². The minimum absolute atomic E-state index is 0.0190. The molecule has 6 N–H and O–H groups in total. The van der Waals surface area contributed by atoms with Gasteiger partial charge in [0.15, 0.2) is 0 Å². The lowest BCUT2D eigenvalue weighted by molar-refractivity contribution is -0.162. The van der Waals surface area contributed by atoms with Crippen LogP contribution in [0.2, 0.25) is 0 Å². The highest BCUT2D eigenvalue weighted by atomic mass is 16.6. The van der Waals surface area contributed by atoms with Gasteiger partial charge in [-0.3, -0.25) is 19.2 Å². The van der Waals surface area contributed by atoms with E-state index in [-0.39, 0.29) is 50.8 Å². The lowest BCUT2D eigenvalue weighted by Crippen LogP contribution is -2.48. The third kappa shape index (κ3) is 34.9. The van der Waals surface area contributed by atoms with E-state index in [9.17, 15) is 39.6 Å². The van der Waals surface area contributed by atoms with Gasteiger partial charge in [-0.15, -0.1) is 0 Å². The molecule has 0 rings (SSSR count). The molecule has 56 heavy (non-hydrogen) atoms. The largest absolute Gasteiger partial charge is 0.466 e. The smallest absolute Gasteiger partial charge is 0.305 e. The number of rotatable bonds is 41. The summed E-state index contributed by atoms with van der Waals surface area (Å²) in [6.45, 7) is 0.0302. The average molecular weight is 807 g/mol. The summed E-state index contributed by atoms with van der Waals surface area (Å²) in [7, 11) is 0. The summed E-state index contributed by atoms with van der Waals surface area (Å²) < 4.78 is 20.4. The van der Waals surface area contributed by atoms with Crippen molar-refractivity contribution in [3.63, 3.8) is 0 Å². The molecule has 0 saturated heterocycles. The SMILES string of the molecule is O=C(CCCCC(=O)OC[C@@H](O)[C@@H](O)[C@H](O)[C@@H](O)COC(=O)CCCCC(=O)OCCCCCCCCCCCCO)OCCCCCCCCCCCCO. The summed E-state index contributed by atoms with van der Waals surface area (Å²) in [4.78, 5) is 47.9. The van der Waals surface area contributed by atoms with Gasteiger partial charge in [0.2, 0.25) is 0 Å². The van der Waals surface area contributed by atoms with Crippen LogP contribution >= 0.6 is 0 Å². The first-order chi connectivity index (χ1) is 27.1. The molecule has 0 aliphatic heterocycles. The molecule has 0 aromatic rings. The monoisotopic (exact) mass is 807 g/mol. The fraction of sp³-hybridized carbons (Fsp3) is 0.905. The van der Waals surface area contributed by atoms with E-state index in [0.717, 1.165) is 64.2 Å². The molecular weight excluding hydrogens is 728 g/mol. The van der Waals surface area contributed by atoms with Crippen molar-refractivity contribution in [1.29, 1.82) is 0 Å². The first-order valence-corrected chi connectivity index (χ1v) is 21.7. The van der Waals surface area contributed by atoms with Crippen LogP contribution in [0.5, 0.6) is 0 Å². The maximum Gasteiger partial charge on any atom is 0.305 e. The number of ether oxygens (including phenoxy) is 4. The number of esters is 4. The molecule has 0 amide bonds. The van der Waals surface area contributed by atoms with Crippen LogP contribution in [0.1, 0.15) is 180 Å². The highest BCUT2D eigenvalue weighted by Crippen LogP contribution is 2.13. The zero-order valence-corrected chi connectivity index (χ0v) is 34.3. The van der Waals surface area contributed by atoms with E-state index in [1.165, 1.54) is 64.2 Å². The first-order valence-electron chi connectivity index (χ1n) is 21.7. The van der Waals surface area contributed by atoms with E-state index in [2.05, 4.69) is 0 Å². The van der Waals surface area contributed by atoms with Crippen molar-refractivity contribution < 1.29 is 68.8 Å². The summed E-state index contributed by atoms with van der Waals surface area (Å²) in [5.74, 6) is -1.97. The molecule has 0 unspecified atom stereocenters. The second kappa shape index (κ2) is 39.5. The zero-order valence-electron chi connectivity index (χ0n) is 34.3. The Morgan fingerprint density at radius 2 is 0.554 bits per heavy atom. The molecule has 14 nitrogen and oxygen atoms in total. The van der Waals surface area contributed by atoms with E-state index in [4.69, 9.17) is 29.2 Å². The second-order valence-corrected chi connectivity index (χ2v) is 14.9. The zero-order chi connectivity index (χ0) is 41.5. The molecular formula is C42H78O14. The predicted molar refractivity (Wildman–Crippen MR) is 211 cm³/mol. The quantitative estimate of drug-likeness (QED) is 0.0255. The summed E-state index contributed by atoms with van der Waals surface area (Å²) in [6.07, 6.45) is 16.4. The van der Waals surface area contributed by atoms with Crippen molar-refractivity contribution in [2.24, 2.45) is 0 Å². The standard InChI is InChI=1S/C42H78O14/c43-29-21-13-9-5-1-3-7-11-15-23-31-53-37(47)25-17-19-27-39(49)55-33-35(45)41(51)42(52)36(46)34-56-40(50)28-20-18-26-38(48)54-32-24-16-12-8-4-2-6-10-14-22-30-44/h35-36,41-46,51-52H,1-34H2/t35-,36+,41-,42-/m1/s1. The van der Waals surface area contributed by atoms with Crippen LogP contribution in [-0.4, -0.2) is 119 Å². The Hall–Kier alpha value is -2.36. The summed E-state index contributed by atoms with van der Waals surface area (Å²) in [5, 5.41) is 58.2. The molecule has 0 radical (unpaired) electrons. The number of hydrogen-bond acceptors (Lipinski definition) is 14. The van der Waals surface area contributed by atoms with Crippen LogP contribution in [0, 0.1) is 0 Å². The minimum atomic E-state index is -1.89. The van der Waals surface area contributed by atoms with Gasteiger partial charge in [0.1, 0.15) is 37.6 Å². The predicted octanol–water partition coefficient (Wildman–Crippen LogP) is 5.51. The molecule has 330 valence electrons. The van der Waals surface area contributed by atoms with E-state index in [0.29, 0.717) is 38.9 Å². The number of hydrogen-bond donors (Lipinski definition) is 6. The van der Waals surface area contributed by atoms with Gasteiger partial charge in [0.25, 0.3) is 0 Å². The molecule has 0 aliphatic carbocycles. The van der Waals surface area contributed by atoms with E-state index >= 15 is 0 Å². The van der Waals surface area contributed by atoms with Crippen LogP contribution in [0.25, 0.3) is 0 Å². The van der Waals surface area contributed by atoms with Crippen molar-refractivity contribution >= 4 is 23.9 Å². The third-order valence-corrected chi connectivity index (χ3v) is 9.62. The number of carbonyl (C=O) groups excluding carboxylic acids is 4. The van der Waals surface area contributed by atoms with Gasteiger partial charge in [-0.1, -0.05) is 103 Å². The topological polar surface area (TPSA) is 227 Å². The van der Waals surface area contributed by atoms with Gasteiger partial charge < -0.3 is 49.6 Å². The molecule has 14 heteroatoms. The van der Waals surface area contributed by atoms with E-state index in [1.54, 1.807) is 0 Å². The van der Waals surface area contributed by atoms with Crippen molar-refractivity contribution in [3.8, 4) is 0 Å². The molecule has 4 atom stereocenters. The molecule has 0 spiro atoms. The molecule has 0 aliphatic rings. The molecule has 0 saturated carbocycles. The maximum absolute atomic E-state index is 12.0. The Morgan fingerprint density at radius 1 is 0.321 bits per heavy atom. The number of aliphatic hydroxyl groups is 6. The Morgan fingerprint density at radius 3 is 0.821 bits per heavy atom. The summed E-state index contributed by atoms with van der Waals surface area (Å²) in [6, 6.07) is 0. The fourth-order valence-corrected chi connectivity index (χ4v) is 6.00. The molecule has 0 aromatic carbocycles. The second-order valence-electron chi connectivity index (χ2n) is 14.9. The number of unbranched alkanes of at least 4 members (excludes halogenated alkanes) is 20. The van der Waals surface area contributed by atoms with Crippen LogP contribution < -0.4 is 0 Å². The maximum atomic E-state index is 12.0.